The largest absolute Gasteiger partial charge is 0.508 e. The van der Waals surface area contributed by atoms with E-state index in [2.05, 4.69) is 0 Å². The molecule has 3 N–H and O–H groups in total. The fraction of sp³-hybridized carbons (Fsp3) is 0.200. The smallest absolute Gasteiger partial charge is 0.416 e. The summed E-state index contributed by atoms with van der Waals surface area (Å²) in [5.74, 6) is 0.399. The van der Waals surface area contributed by atoms with E-state index in [-0.39, 0.29) is 12.4 Å². The third-order valence-electron chi connectivity index (χ3n) is 2.91. The molecule has 0 radical (unpaired) electrons. The number of hydrogen-bond donors (Lipinski definition) is 2. The molecule has 0 saturated carbocycles. The summed E-state index contributed by atoms with van der Waals surface area (Å²) < 4.78 is 42.6. The van der Waals surface area contributed by atoms with Crippen molar-refractivity contribution in [3.05, 3.63) is 59.7 Å². The molecule has 0 aliphatic carbocycles. The maximum Gasteiger partial charge on any atom is 0.416 e. The molecule has 2 aromatic rings. The number of halogens is 3. The Balaban J connectivity index is 1.97. The number of phenols is 1. The monoisotopic (exact) mass is 297 g/mol. The predicted octanol–water partition coefficient (Wildman–Crippen LogP) is 3.49. The van der Waals surface area contributed by atoms with Crippen LogP contribution in [0.5, 0.6) is 11.5 Å². The number of rotatable bonds is 4. The topological polar surface area (TPSA) is 55.5 Å². The molecule has 112 valence electrons. The maximum absolute atomic E-state index is 12.4. The Labute approximate surface area is 119 Å². The molecule has 0 aliphatic rings. The second kappa shape index (κ2) is 6.05. The molecule has 0 spiro atoms. The van der Waals surface area contributed by atoms with Gasteiger partial charge in [-0.1, -0.05) is 12.1 Å². The SMILES string of the molecule is NC(COc1ccc(C(F)(F)F)cc1)c1cccc(O)c1. The van der Waals surface area contributed by atoms with Crippen LogP contribution in [0, 0.1) is 0 Å². The molecule has 0 aliphatic heterocycles. The zero-order chi connectivity index (χ0) is 15.5. The lowest BCUT2D eigenvalue weighted by molar-refractivity contribution is -0.137. The average molecular weight is 297 g/mol. The summed E-state index contributed by atoms with van der Waals surface area (Å²) in [5, 5.41) is 9.35. The highest BCUT2D eigenvalue weighted by atomic mass is 19.4. The summed E-state index contributed by atoms with van der Waals surface area (Å²) in [4.78, 5) is 0. The van der Waals surface area contributed by atoms with Crippen LogP contribution in [0.25, 0.3) is 0 Å². The van der Waals surface area contributed by atoms with Gasteiger partial charge in [-0.2, -0.15) is 13.2 Å². The van der Waals surface area contributed by atoms with Crippen LogP contribution < -0.4 is 10.5 Å². The number of aromatic hydroxyl groups is 1. The third kappa shape index (κ3) is 4.13. The van der Waals surface area contributed by atoms with Crippen LogP contribution in [-0.2, 0) is 6.18 Å². The van der Waals surface area contributed by atoms with E-state index in [0.29, 0.717) is 11.3 Å². The highest BCUT2D eigenvalue weighted by Crippen LogP contribution is 2.30. The van der Waals surface area contributed by atoms with E-state index < -0.39 is 17.8 Å². The molecule has 1 unspecified atom stereocenters. The summed E-state index contributed by atoms with van der Waals surface area (Å²) in [6.45, 7) is 0.0921. The second-order valence-electron chi connectivity index (χ2n) is 4.53. The van der Waals surface area contributed by atoms with Crippen LogP contribution in [0.3, 0.4) is 0 Å². The normalized spacial score (nSPS) is 13.0. The van der Waals surface area contributed by atoms with Crippen LogP contribution in [-0.4, -0.2) is 11.7 Å². The molecule has 0 amide bonds. The van der Waals surface area contributed by atoms with Gasteiger partial charge < -0.3 is 15.6 Å². The highest BCUT2D eigenvalue weighted by Gasteiger charge is 2.30. The first-order valence-electron chi connectivity index (χ1n) is 6.21. The summed E-state index contributed by atoms with van der Waals surface area (Å²) in [6.07, 6.45) is -4.36. The van der Waals surface area contributed by atoms with E-state index in [1.165, 1.54) is 24.3 Å². The standard InChI is InChI=1S/C15H14F3NO2/c16-15(17,18)11-4-6-13(7-5-11)21-9-14(19)10-2-1-3-12(20)8-10/h1-8,14,20H,9,19H2. The van der Waals surface area contributed by atoms with Crippen LogP contribution in [0.15, 0.2) is 48.5 Å². The van der Waals surface area contributed by atoms with Gasteiger partial charge in [0.2, 0.25) is 0 Å². The molecule has 3 nitrogen and oxygen atoms in total. The molecule has 0 heterocycles. The minimum atomic E-state index is -4.36. The maximum atomic E-state index is 12.4. The number of hydrogen-bond acceptors (Lipinski definition) is 3. The number of benzene rings is 2. The van der Waals surface area contributed by atoms with Crippen molar-refractivity contribution < 1.29 is 23.0 Å². The van der Waals surface area contributed by atoms with E-state index in [9.17, 15) is 18.3 Å². The van der Waals surface area contributed by atoms with Gasteiger partial charge >= 0.3 is 6.18 Å². The van der Waals surface area contributed by atoms with Crippen molar-refractivity contribution in [3.8, 4) is 11.5 Å². The Bertz CT molecular complexity index is 597. The predicted molar refractivity (Wildman–Crippen MR) is 72.0 cm³/mol. The lowest BCUT2D eigenvalue weighted by Gasteiger charge is -2.14. The van der Waals surface area contributed by atoms with E-state index in [1.54, 1.807) is 12.1 Å². The Morgan fingerprint density at radius 3 is 2.33 bits per heavy atom. The zero-order valence-corrected chi connectivity index (χ0v) is 11.0. The summed E-state index contributed by atoms with van der Waals surface area (Å²) in [7, 11) is 0. The average Bonchev–Trinajstić information content (AvgIpc) is 2.44. The lowest BCUT2D eigenvalue weighted by atomic mass is 10.1. The molecule has 0 aromatic heterocycles. The van der Waals surface area contributed by atoms with E-state index in [4.69, 9.17) is 10.5 Å². The van der Waals surface area contributed by atoms with Crippen molar-refractivity contribution in [1.82, 2.24) is 0 Å². The molecule has 2 rings (SSSR count). The van der Waals surface area contributed by atoms with Crippen LogP contribution in [0.4, 0.5) is 13.2 Å². The van der Waals surface area contributed by atoms with Crippen molar-refractivity contribution in [3.63, 3.8) is 0 Å². The second-order valence-corrected chi connectivity index (χ2v) is 4.53. The fourth-order valence-corrected chi connectivity index (χ4v) is 1.78. The molecule has 0 bridgehead atoms. The Hall–Kier alpha value is -2.21. The van der Waals surface area contributed by atoms with E-state index in [0.717, 1.165) is 12.1 Å². The van der Waals surface area contributed by atoms with Gasteiger partial charge in [-0.05, 0) is 42.0 Å². The first-order chi connectivity index (χ1) is 9.86. The van der Waals surface area contributed by atoms with Gasteiger partial charge in [0.25, 0.3) is 0 Å². The number of alkyl halides is 3. The van der Waals surface area contributed by atoms with Crippen molar-refractivity contribution in [2.24, 2.45) is 5.73 Å². The first kappa shape index (κ1) is 15.2. The van der Waals surface area contributed by atoms with E-state index >= 15 is 0 Å². The quantitative estimate of drug-likeness (QED) is 0.908. The molecule has 0 saturated heterocycles. The van der Waals surface area contributed by atoms with Gasteiger partial charge in [0.1, 0.15) is 18.1 Å². The number of ether oxygens (including phenoxy) is 1. The Morgan fingerprint density at radius 2 is 1.76 bits per heavy atom. The lowest BCUT2D eigenvalue weighted by Crippen LogP contribution is -2.18. The zero-order valence-electron chi connectivity index (χ0n) is 11.0. The summed E-state index contributed by atoms with van der Waals surface area (Å²) in [5.41, 5.74) is 5.85. The molecular weight excluding hydrogens is 283 g/mol. The number of nitrogens with two attached hydrogens (primary N) is 1. The summed E-state index contributed by atoms with van der Waals surface area (Å²) >= 11 is 0. The van der Waals surface area contributed by atoms with Crippen LogP contribution >= 0.6 is 0 Å². The van der Waals surface area contributed by atoms with Gasteiger partial charge in [-0.15, -0.1) is 0 Å². The first-order valence-corrected chi connectivity index (χ1v) is 6.21. The van der Waals surface area contributed by atoms with Gasteiger partial charge in [0.05, 0.1) is 11.6 Å². The van der Waals surface area contributed by atoms with Crippen molar-refractivity contribution >= 4 is 0 Å². The minimum absolute atomic E-state index is 0.0921. The van der Waals surface area contributed by atoms with Gasteiger partial charge in [-0.3, -0.25) is 0 Å². The molecule has 21 heavy (non-hydrogen) atoms. The van der Waals surface area contributed by atoms with Gasteiger partial charge in [0, 0.05) is 0 Å². The fourth-order valence-electron chi connectivity index (χ4n) is 1.78. The molecular formula is C15H14F3NO2. The summed E-state index contributed by atoms with van der Waals surface area (Å²) in [6, 6.07) is 10.3. The van der Waals surface area contributed by atoms with Crippen molar-refractivity contribution in [2.45, 2.75) is 12.2 Å². The minimum Gasteiger partial charge on any atom is -0.508 e. The molecule has 6 heteroatoms. The molecule has 0 fully saturated rings. The van der Waals surface area contributed by atoms with E-state index in [1.807, 2.05) is 0 Å². The van der Waals surface area contributed by atoms with Crippen molar-refractivity contribution in [2.75, 3.05) is 6.61 Å². The van der Waals surface area contributed by atoms with Crippen molar-refractivity contribution in [1.29, 1.82) is 0 Å². The Morgan fingerprint density at radius 1 is 1.10 bits per heavy atom. The van der Waals surface area contributed by atoms with Crippen LogP contribution in [0.2, 0.25) is 0 Å². The Kier molecular flexibility index (Phi) is 4.37. The van der Waals surface area contributed by atoms with Crippen LogP contribution in [0.1, 0.15) is 17.2 Å². The highest BCUT2D eigenvalue weighted by molar-refractivity contribution is 5.31. The van der Waals surface area contributed by atoms with Gasteiger partial charge in [-0.25, -0.2) is 0 Å². The molecule has 2 aromatic carbocycles. The molecule has 1 atom stereocenters. The third-order valence-corrected chi connectivity index (χ3v) is 2.91. The number of phenolic OH excluding ortho intramolecular Hbond substituents is 1. The van der Waals surface area contributed by atoms with Gasteiger partial charge in [0.15, 0.2) is 0 Å².